The lowest BCUT2D eigenvalue weighted by atomic mass is 9.94. The first-order valence-electron chi connectivity index (χ1n) is 14.6. The topological polar surface area (TPSA) is 128 Å². The van der Waals surface area contributed by atoms with Crippen molar-refractivity contribution in [3.8, 4) is 11.5 Å². The molecule has 0 saturated heterocycles. The molecule has 0 radical (unpaired) electrons. The molecule has 1 saturated carbocycles. The van der Waals surface area contributed by atoms with E-state index in [1.807, 2.05) is 6.92 Å². The maximum absolute atomic E-state index is 14.3. The van der Waals surface area contributed by atoms with Gasteiger partial charge in [0.05, 0.1) is 0 Å². The summed E-state index contributed by atoms with van der Waals surface area (Å²) in [6, 6.07) is 9.38. The van der Waals surface area contributed by atoms with Crippen molar-refractivity contribution in [3.63, 3.8) is 0 Å². The Morgan fingerprint density at radius 3 is 2.27 bits per heavy atom. The summed E-state index contributed by atoms with van der Waals surface area (Å²) in [5, 5.41) is 25.8. The van der Waals surface area contributed by atoms with Gasteiger partial charge in [0, 0.05) is 19.0 Å². The van der Waals surface area contributed by atoms with Crippen molar-refractivity contribution in [1.82, 2.24) is 15.5 Å². The minimum absolute atomic E-state index is 0.0308. The van der Waals surface area contributed by atoms with Crippen LogP contribution in [0, 0.1) is 6.92 Å². The number of ether oxygens (including phenoxy) is 1. The fourth-order valence-corrected chi connectivity index (χ4v) is 5.17. The van der Waals surface area contributed by atoms with Crippen LogP contribution < -0.4 is 10.6 Å². The molecule has 41 heavy (non-hydrogen) atoms. The third kappa shape index (κ3) is 9.40. The van der Waals surface area contributed by atoms with E-state index >= 15 is 0 Å². The SMILES string of the molecule is CCCN(C(=O)C(Cc1ccc(O)cc1)NC(=O)OC(C)(C)C)C(C(=O)NC1CCCCC1)c1ccc(O)c(C)c1. The van der Waals surface area contributed by atoms with Gasteiger partial charge < -0.3 is 30.5 Å². The van der Waals surface area contributed by atoms with Crippen molar-refractivity contribution in [2.24, 2.45) is 0 Å². The van der Waals surface area contributed by atoms with Gasteiger partial charge in [-0.25, -0.2) is 4.79 Å². The van der Waals surface area contributed by atoms with Crippen molar-refractivity contribution in [3.05, 3.63) is 59.2 Å². The van der Waals surface area contributed by atoms with E-state index in [1.54, 1.807) is 52.0 Å². The lowest BCUT2D eigenvalue weighted by Crippen LogP contribution is -2.54. The second kappa shape index (κ2) is 14.2. The highest BCUT2D eigenvalue weighted by Gasteiger charge is 2.37. The third-order valence-electron chi connectivity index (χ3n) is 7.16. The Labute approximate surface area is 243 Å². The minimum atomic E-state index is -1.04. The van der Waals surface area contributed by atoms with E-state index in [0.29, 0.717) is 17.5 Å². The Kier molecular flexibility index (Phi) is 11.0. The number of phenolic OH excluding ortho intramolecular Hbond substituents is 2. The smallest absolute Gasteiger partial charge is 0.408 e. The molecule has 2 atom stereocenters. The van der Waals surface area contributed by atoms with Crippen molar-refractivity contribution < 1.29 is 29.3 Å². The highest BCUT2D eigenvalue weighted by Crippen LogP contribution is 2.29. The monoisotopic (exact) mass is 567 g/mol. The Morgan fingerprint density at radius 2 is 1.68 bits per heavy atom. The Morgan fingerprint density at radius 1 is 1.02 bits per heavy atom. The summed E-state index contributed by atoms with van der Waals surface area (Å²) in [7, 11) is 0. The van der Waals surface area contributed by atoms with E-state index in [2.05, 4.69) is 10.6 Å². The quantitative estimate of drug-likeness (QED) is 0.310. The summed E-state index contributed by atoms with van der Waals surface area (Å²) in [6.45, 7) is 9.17. The number of alkyl carbamates (subject to hydrolysis) is 1. The van der Waals surface area contributed by atoms with Gasteiger partial charge >= 0.3 is 6.09 Å². The summed E-state index contributed by atoms with van der Waals surface area (Å²) in [5.41, 5.74) is 1.12. The molecule has 224 valence electrons. The highest BCUT2D eigenvalue weighted by molar-refractivity contribution is 5.92. The highest BCUT2D eigenvalue weighted by atomic mass is 16.6. The molecule has 0 aliphatic heterocycles. The average Bonchev–Trinajstić information content (AvgIpc) is 2.90. The molecule has 0 spiro atoms. The van der Waals surface area contributed by atoms with Gasteiger partial charge in [0.2, 0.25) is 11.8 Å². The number of aromatic hydroxyl groups is 2. The maximum atomic E-state index is 14.3. The fourth-order valence-electron chi connectivity index (χ4n) is 5.17. The van der Waals surface area contributed by atoms with Gasteiger partial charge in [-0.05, 0) is 87.9 Å². The molecule has 4 N–H and O–H groups in total. The largest absolute Gasteiger partial charge is 0.508 e. The van der Waals surface area contributed by atoms with Crippen LogP contribution in [0.3, 0.4) is 0 Å². The van der Waals surface area contributed by atoms with Crippen LogP contribution in [0.25, 0.3) is 0 Å². The Bertz CT molecular complexity index is 1180. The van der Waals surface area contributed by atoms with Crippen LogP contribution in [-0.2, 0) is 20.7 Å². The summed E-state index contributed by atoms with van der Waals surface area (Å²) >= 11 is 0. The van der Waals surface area contributed by atoms with Crippen molar-refractivity contribution in [2.75, 3.05) is 6.54 Å². The van der Waals surface area contributed by atoms with Crippen molar-refractivity contribution in [2.45, 2.75) is 103 Å². The minimum Gasteiger partial charge on any atom is -0.508 e. The molecule has 1 fully saturated rings. The number of nitrogens with zero attached hydrogens (tertiary/aromatic N) is 1. The van der Waals surface area contributed by atoms with Crippen LogP contribution in [0.4, 0.5) is 4.79 Å². The van der Waals surface area contributed by atoms with Gasteiger partial charge in [-0.3, -0.25) is 9.59 Å². The van der Waals surface area contributed by atoms with Crippen LogP contribution in [0.1, 0.15) is 89.0 Å². The second-order valence-electron chi connectivity index (χ2n) is 11.9. The first-order chi connectivity index (χ1) is 19.4. The van der Waals surface area contributed by atoms with Crippen LogP contribution >= 0.6 is 0 Å². The number of benzene rings is 2. The molecule has 0 aromatic heterocycles. The number of carbonyl (C=O) groups is 3. The van der Waals surface area contributed by atoms with E-state index < -0.39 is 29.7 Å². The number of phenols is 2. The predicted molar refractivity (Wildman–Crippen MR) is 158 cm³/mol. The molecular formula is C32H45N3O6. The van der Waals surface area contributed by atoms with Gasteiger partial charge in [0.25, 0.3) is 0 Å². The molecule has 1 aliphatic rings. The van der Waals surface area contributed by atoms with Crippen LogP contribution in [0.15, 0.2) is 42.5 Å². The molecule has 1 aliphatic carbocycles. The summed E-state index contributed by atoms with van der Waals surface area (Å²) < 4.78 is 5.47. The van der Waals surface area contributed by atoms with Crippen LogP contribution in [0.5, 0.6) is 11.5 Å². The molecular weight excluding hydrogens is 522 g/mol. The number of carbonyl (C=O) groups excluding carboxylic acids is 3. The van der Waals surface area contributed by atoms with E-state index in [4.69, 9.17) is 4.74 Å². The standard InChI is InChI=1S/C32H45N3O6/c1-6-18-35(28(23-14-17-27(37)21(2)19-23)29(38)33-24-10-8-7-9-11-24)30(39)26(34-31(40)41-32(3,4)5)20-22-12-15-25(36)16-13-22/h12-17,19,24,26,28,36-37H,6-11,18,20H2,1-5H3,(H,33,38)(H,34,40). The van der Waals surface area contributed by atoms with Gasteiger partial charge in [0.1, 0.15) is 29.2 Å². The van der Waals surface area contributed by atoms with E-state index in [9.17, 15) is 24.6 Å². The number of aryl methyl sites for hydroxylation is 1. The first-order valence-corrected chi connectivity index (χ1v) is 14.6. The average molecular weight is 568 g/mol. The van der Waals surface area contributed by atoms with Crippen LogP contribution in [0.2, 0.25) is 0 Å². The fraction of sp³-hybridized carbons (Fsp3) is 0.531. The number of amides is 3. The van der Waals surface area contributed by atoms with Gasteiger partial charge in [-0.15, -0.1) is 0 Å². The Hall–Kier alpha value is -3.75. The van der Waals surface area contributed by atoms with Crippen LogP contribution in [-0.4, -0.2) is 57.3 Å². The molecule has 2 aromatic carbocycles. The number of rotatable bonds is 10. The molecule has 9 heteroatoms. The predicted octanol–water partition coefficient (Wildman–Crippen LogP) is 5.27. The lowest BCUT2D eigenvalue weighted by Gasteiger charge is -2.35. The number of nitrogens with one attached hydrogen (secondary N) is 2. The zero-order valence-electron chi connectivity index (χ0n) is 24.9. The summed E-state index contributed by atoms with van der Waals surface area (Å²) in [4.78, 5) is 42.7. The zero-order chi connectivity index (χ0) is 30.2. The normalized spacial score (nSPS) is 15.4. The molecule has 2 aromatic rings. The van der Waals surface area contributed by atoms with Gasteiger partial charge in [-0.1, -0.05) is 44.4 Å². The maximum Gasteiger partial charge on any atom is 0.408 e. The number of hydrogen-bond acceptors (Lipinski definition) is 6. The molecule has 9 nitrogen and oxygen atoms in total. The van der Waals surface area contributed by atoms with Gasteiger partial charge in [-0.2, -0.15) is 0 Å². The Balaban J connectivity index is 2.01. The summed E-state index contributed by atoms with van der Waals surface area (Å²) in [5.74, 6) is -0.526. The molecule has 2 unspecified atom stereocenters. The number of hydrogen-bond donors (Lipinski definition) is 4. The first kappa shape index (κ1) is 31.8. The van der Waals surface area contributed by atoms with E-state index in [1.165, 1.54) is 23.1 Å². The molecule has 3 rings (SSSR count). The second-order valence-corrected chi connectivity index (χ2v) is 11.9. The molecule has 0 heterocycles. The van der Waals surface area contributed by atoms with Crippen molar-refractivity contribution in [1.29, 1.82) is 0 Å². The lowest BCUT2D eigenvalue weighted by molar-refractivity contribution is -0.142. The van der Waals surface area contributed by atoms with E-state index in [0.717, 1.165) is 37.7 Å². The molecule has 0 bridgehead atoms. The molecule has 3 amide bonds. The summed E-state index contributed by atoms with van der Waals surface area (Å²) in [6.07, 6.45) is 4.97. The zero-order valence-corrected chi connectivity index (χ0v) is 24.9. The van der Waals surface area contributed by atoms with Gasteiger partial charge in [0.15, 0.2) is 0 Å². The van der Waals surface area contributed by atoms with E-state index in [-0.39, 0.29) is 36.4 Å². The van der Waals surface area contributed by atoms with Crippen molar-refractivity contribution >= 4 is 17.9 Å². The third-order valence-corrected chi connectivity index (χ3v) is 7.16.